The molecule has 17 heavy (non-hydrogen) atoms. The lowest BCUT2D eigenvalue weighted by Gasteiger charge is -2.21. The summed E-state index contributed by atoms with van der Waals surface area (Å²) < 4.78 is 0. The lowest BCUT2D eigenvalue weighted by molar-refractivity contribution is -0.138. The monoisotopic (exact) mass is 258 g/mol. The van der Waals surface area contributed by atoms with Crippen molar-refractivity contribution >= 4 is 23.6 Å². The van der Waals surface area contributed by atoms with Gasteiger partial charge in [-0.1, -0.05) is 19.1 Å². The van der Waals surface area contributed by atoms with Crippen LogP contribution in [0.2, 0.25) is 0 Å². The van der Waals surface area contributed by atoms with Gasteiger partial charge < -0.3 is 5.11 Å². The molecule has 1 atom stereocenters. The van der Waals surface area contributed by atoms with Crippen molar-refractivity contribution in [3.05, 3.63) is 12.2 Å². The molecule has 0 aliphatic carbocycles. The van der Waals surface area contributed by atoms with Gasteiger partial charge in [-0.25, -0.2) is 9.86 Å². The zero-order valence-electron chi connectivity index (χ0n) is 9.87. The number of carboxylic acids is 1. The van der Waals surface area contributed by atoms with E-state index >= 15 is 0 Å². The highest BCUT2D eigenvalue weighted by Gasteiger charge is 2.19. The molecule has 5 nitrogen and oxygen atoms in total. The van der Waals surface area contributed by atoms with Crippen molar-refractivity contribution in [3.63, 3.8) is 0 Å². The van der Waals surface area contributed by atoms with Crippen LogP contribution in [0, 0.1) is 0 Å². The van der Waals surface area contributed by atoms with Crippen LogP contribution in [0.25, 0.3) is 0 Å². The highest BCUT2D eigenvalue weighted by atomic mass is 32.2. The summed E-state index contributed by atoms with van der Waals surface area (Å²) in [6, 6.07) is -0.759. The van der Waals surface area contributed by atoms with E-state index in [1.54, 1.807) is 11.8 Å². The highest BCUT2D eigenvalue weighted by Crippen LogP contribution is 2.10. The molecule has 0 bridgehead atoms. The van der Waals surface area contributed by atoms with E-state index in [0.29, 0.717) is 25.2 Å². The Hall–Kier alpha value is -1.01. The van der Waals surface area contributed by atoms with Crippen LogP contribution in [-0.2, 0) is 4.79 Å². The summed E-state index contributed by atoms with van der Waals surface area (Å²) in [5, 5.41) is 19.6. The Labute approximate surface area is 105 Å². The van der Waals surface area contributed by atoms with Gasteiger partial charge in [0.2, 0.25) is 0 Å². The molecular weight excluding hydrogens is 240 g/mol. The molecule has 0 unspecified atom stereocenters. The van der Waals surface area contributed by atoms with E-state index in [-0.39, 0.29) is 0 Å². The minimum atomic E-state index is -0.933. The first kappa shape index (κ1) is 14.1. The summed E-state index contributed by atoms with van der Waals surface area (Å²) in [7, 11) is 0. The predicted molar refractivity (Wildman–Crippen MR) is 68.7 cm³/mol. The van der Waals surface area contributed by atoms with Crippen molar-refractivity contribution in [1.82, 2.24) is 5.06 Å². The van der Waals surface area contributed by atoms with Gasteiger partial charge in [0.25, 0.3) is 0 Å². The van der Waals surface area contributed by atoms with Crippen molar-refractivity contribution < 1.29 is 15.1 Å². The topological polar surface area (TPSA) is 73.1 Å². The Morgan fingerprint density at radius 3 is 3.00 bits per heavy atom. The third-order valence-electron chi connectivity index (χ3n) is 2.37. The van der Waals surface area contributed by atoms with Gasteiger partial charge in [0, 0.05) is 6.42 Å². The second kappa shape index (κ2) is 7.34. The van der Waals surface area contributed by atoms with Crippen LogP contribution in [0.1, 0.15) is 19.8 Å². The molecule has 0 aromatic carbocycles. The first-order chi connectivity index (χ1) is 8.15. The third-order valence-corrected chi connectivity index (χ3v) is 3.31. The van der Waals surface area contributed by atoms with Crippen molar-refractivity contribution in [3.8, 4) is 0 Å². The van der Waals surface area contributed by atoms with Crippen LogP contribution in [0.3, 0.4) is 0 Å². The molecule has 0 fully saturated rings. The molecule has 1 heterocycles. The minimum Gasteiger partial charge on any atom is -0.480 e. The molecule has 6 heteroatoms. The van der Waals surface area contributed by atoms with Gasteiger partial charge in [0.05, 0.1) is 6.54 Å². The first-order valence-corrected chi connectivity index (χ1v) is 6.79. The molecule has 1 rings (SSSR count). The third kappa shape index (κ3) is 4.79. The number of amidine groups is 1. The molecule has 0 amide bonds. The van der Waals surface area contributed by atoms with Gasteiger partial charge >= 0.3 is 5.97 Å². The summed E-state index contributed by atoms with van der Waals surface area (Å²) in [6.07, 6.45) is 4.68. The van der Waals surface area contributed by atoms with Crippen LogP contribution in [0.15, 0.2) is 17.1 Å². The number of aliphatic carboxylic acids is 1. The molecule has 2 N–H and O–H groups in total. The number of hydroxylamine groups is 2. The molecule has 0 aromatic rings. The largest absolute Gasteiger partial charge is 0.480 e. The zero-order chi connectivity index (χ0) is 12.7. The van der Waals surface area contributed by atoms with Gasteiger partial charge in [-0.2, -0.15) is 11.8 Å². The van der Waals surface area contributed by atoms with Crippen LogP contribution in [0.5, 0.6) is 0 Å². The van der Waals surface area contributed by atoms with Gasteiger partial charge in [0.15, 0.2) is 0 Å². The van der Waals surface area contributed by atoms with E-state index in [4.69, 9.17) is 5.11 Å². The lowest BCUT2D eigenvalue weighted by atomic mass is 10.2. The van der Waals surface area contributed by atoms with E-state index < -0.39 is 12.0 Å². The molecule has 0 saturated heterocycles. The highest BCUT2D eigenvalue weighted by molar-refractivity contribution is 7.99. The smallest absolute Gasteiger partial charge is 0.328 e. The number of rotatable bonds is 6. The van der Waals surface area contributed by atoms with Gasteiger partial charge in [-0.3, -0.25) is 10.2 Å². The molecule has 0 saturated carbocycles. The fourth-order valence-electron chi connectivity index (χ4n) is 1.46. The Kier molecular flexibility index (Phi) is 6.07. The van der Waals surface area contributed by atoms with Crippen molar-refractivity contribution in [2.24, 2.45) is 4.99 Å². The van der Waals surface area contributed by atoms with E-state index in [0.717, 1.165) is 16.6 Å². The molecular formula is C11H18N2O3S. The second-order valence-electron chi connectivity index (χ2n) is 3.64. The molecule has 0 radical (unpaired) electrons. The van der Waals surface area contributed by atoms with Crippen molar-refractivity contribution in [1.29, 1.82) is 0 Å². The quantitative estimate of drug-likeness (QED) is 0.559. The van der Waals surface area contributed by atoms with Gasteiger partial charge in [-0.15, -0.1) is 0 Å². The molecule has 96 valence electrons. The number of carboxylic acid groups (broad SMARTS) is 1. The molecule has 0 spiro atoms. The Balaban J connectivity index is 2.61. The maximum atomic E-state index is 11.0. The Bertz CT molecular complexity index is 318. The average Bonchev–Trinajstić information content (AvgIpc) is 2.30. The van der Waals surface area contributed by atoms with Crippen LogP contribution in [0.4, 0.5) is 0 Å². The minimum absolute atomic E-state index is 0.370. The second-order valence-corrected chi connectivity index (χ2v) is 5.04. The number of thioether (sulfide) groups is 1. The fraction of sp³-hybridized carbons (Fsp3) is 0.636. The average molecular weight is 258 g/mol. The number of hydrogen-bond acceptors (Lipinski definition) is 4. The van der Waals surface area contributed by atoms with Gasteiger partial charge in [-0.05, 0) is 17.9 Å². The zero-order valence-corrected chi connectivity index (χ0v) is 10.7. The van der Waals surface area contributed by atoms with E-state index in [9.17, 15) is 10.0 Å². The summed E-state index contributed by atoms with van der Waals surface area (Å²) in [5.74, 6) is 1.24. The van der Waals surface area contributed by atoms with E-state index in [2.05, 4.69) is 4.99 Å². The normalized spacial score (nSPS) is 19.6. The number of hydrogen-bond donors (Lipinski definition) is 2. The Morgan fingerprint density at radius 2 is 2.41 bits per heavy atom. The van der Waals surface area contributed by atoms with Crippen LogP contribution < -0.4 is 0 Å². The van der Waals surface area contributed by atoms with Crippen molar-refractivity contribution in [2.75, 3.05) is 18.1 Å². The molecule has 1 aliphatic heterocycles. The summed E-state index contributed by atoms with van der Waals surface area (Å²) in [5.41, 5.74) is 0. The van der Waals surface area contributed by atoms with Crippen LogP contribution >= 0.6 is 11.8 Å². The number of aliphatic imine (C=N–C) groups is 1. The SMILES string of the molecule is CCSCC[C@H](N=C1CC=CCN1O)C(=O)O. The summed E-state index contributed by atoms with van der Waals surface area (Å²) >= 11 is 1.69. The maximum Gasteiger partial charge on any atom is 0.328 e. The summed E-state index contributed by atoms with van der Waals surface area (Å²) in [4.78, 5) is 15.2. The van der Waals surface area contributed by atoms with E-state index in [1.807, 2.05) is 19.1 Å². The predicted octanol–water partition coefficient (Wildman–Crippen LogP) is 1.63. The standard InChI is InChI=1S/C11H18N2O3S/c1-2-17-8-6-9(11(14)15)12-10-5-3-4-7-13(10)16/h3-4,9,16H,2,5-8H2,1H3,(H,14,15)/t9-/m0/s1. The molecule has 0 aromatic heterocycles. The number of nitrogens with zero attached hydrogens (tertiary/aromatic N) is 2. The maximum absolute atomic E-state index is 11.0. The van der Waals surface area contributed by atoms with Gasteiger partial charge in [0.1, 0.15) is 11.9 Å². The fourth-order valence-corrected chi connectivity index (χ4v) is 2.13. The van der Waals surface area contributed by atoms with Crippen LogP contribution in [-0.4, -0.2) is 51.3 Å². The number of carbonyl (C=O) groups is 1. The lowest BCUT2D eigenvalue weighted by Crippen LogP contribution is -2.32. The van der Waals surface area contributed by atoms with Crippen molar-refractivity contribution in [2.45, 2.75) is 25.8 Å². The first-order valence-electron chi connectivity index (χ1n) is 5.63. The summed E-state index contributed by atoms with van der Waals surface area (Å²) in [6.45, 7) is 2.41. The van der Waals surface area contributed by atoms with E-state index in [1.165, 1.54) is 0 Å². The Morgan fingerprint density at radius 1 is 1.65 bits per heavy atom. The molecule has 1 aliphatic rings.